The minimum atomic E-state index is 0.548. The van der Waals surface area contributed by atoms with Crippen LogP contribution in [0, 0.1) is 12.3 Å². The predicted octanol–water partition coefficient (Wildman–Crippen LogP) is 1.04. The third-order valence-electron chi connectivity index (χ3n) is 3.06. The summed E-state index contributed by atoms with van der Waals surface area (Å²) in [6, 6.07) is 1.10. The van der Waals surface area contributed by atoms with Crippen molar-refractivity contribution in [2.75, 3.05) is 20.3 Å². The lowest BCUT2D eigenvalue weighted by atomic mass is 9.90. The molecular weight excluding hydrogens is 162 g/mol. The van der Waals surface area contributed by atoms with E-state index < -0.39 is 0 Å². The molecule has 2 heterocycles. The molecule has 0 aromatic rings. The van der Waals surface area contributed by atoms with Gasteiger partial charge in [0.15, 0.2) is 0 Å². The van der Waals surface area contributed by atoms with Crippen molar-refractivity contribution in [3.63, 3.8) is 0 Å². The molecule has 2 saturated heterocycles. The highest BCUT2D eigenvalue weighted by Gasteiger charge is 2.33. The highest BCUT2D eigenvalue weighted by molar-refractivity contribution is 5.21. The number of hydrogen-bond acceptors (Lipinski definition) is 2. The number of piperidine rings is 1. The summed E-state index contributed by atoms with van der Waals surface area (Å²) in [6.45, 7) is 1.71. The molecule has 13 heavy (non-hydrogen) atoms. The van der Waals surface area contributed by atoms with E-state index in [0.29, 0.717) is 12.1 Å². The smallest absolute Gasteiger partial charge is 0.0625 e. The first-order valence-electron chi connectivity index (χ1n) is 4.75. The van der Waals surface area contributed by atoms with Crippen molar-refractivity contribution in [2.45, 2.75) is 24.9 Å². The van der Waals surface area contributed by atoms with E-state index in [1.165, 1.54) is 5.57 Å². The SMILES string of the molecule is C#CC=C1CC2COCC(C1)N2C. The van der Waals surface area contributed by atoms with Crippen molar-refractivity contribution in [3.8, 4) is 12.3 Å². The molecule has 0 radical (unpaired) electrons. The van der Waals surface area contributed by atoms with Gasteiger partial charge in [-0.05, 0) is 26.0 Å². The Hall–Kier alpha value is -0.780. The van der Waals surface area contributed by atoms with Crippen LogP contribution in [-0.4, -0.2) is 37.2 Å². The minimum absolute atomic E-state index is 0.548. The molecule has 2 aliphatic heterocycles. The van der Waals surface area contributed by atoms with Crippen LogP contribution in [0.25, 0.3) is 0 Å². The lowest BCUT2D eigenvalue weighted by Gasteiger charge is -2.44. The van der Waals surface area contributed by atoms with Gasteiger partial charge in [-0.3, -0.25) is 4.90 Å². The zero-order valence-electron chi connectivity index (χ0n) is 7.99. The maximum atomic E-state index is 5.51. The summed E-state index contributed by atoms with van der Waals surface area (Å²) in [7, 11) is 2.19. The molecule has 2 unspecified atom stereocenters. The number of terminal acetylenes is 1. The fourth-order valence-electron chi connectivity index (χ4n) is 2.20. The first kappa shape index (κ1) is 8.80. The number of allylic oxidation sites excluding steroid dienone is 1. The Kier molecular flexibility index (Phi) is 2.39. The molecule has 2 aliphatic rings. The molecule has 0 spiro atoms. The van der Waals surface area contributed by atoms with Gasteiger partial charge in [-0.2, -0.15) is 0 Å². The van der Waals surface area contributed by atoms with Crippen molar-refractivity contribution in [1.82, 2.24) is 4.90 Å². The normalized spacial score (nSPS) is 34.0. The summed E-state index contributed by atoms with van der Waals surface area (Å²) >= 11 is 0. The van der Waals surface area contributed by atoms with Crippen molar-refractivity contribution >= 4 is 0 Å². The molecular formula is C11H15NO. The average molecular weight is 177 g/mol. The molecule has 0 amide bonds. The van der Waals surface area contributed by atoms with E-state index in [9.17, 15) is 0 Å². The van der Waals surface area contributed by atoms with E-state index >= 15 is 0 Å². The molecule has 0 aromatic carbocycles. The zero-order chi connectivity index (χ0) is 9.26. The summed E-state index contributed by atoms with van der Waals surface area (Å²) in [4.78, 5) is 2.43. The number of ether oxygens (including phenoxy) is 1. The Morgan fingerprint density at radius 3 is 2.62 bits per heavy atom. The van der Waals surface area contributed by atoms with Crippen LogP contribution in [0.4, 0.5) is 0 Å². The Labute approximate surface area is 79.6 Å². The first-order chi connectivity index (χ1) is 6.31. The molecule has 2 bridgehead atoms. The lowest BCUT2D eigenvalue weighted by Crippen LogP contribution is -2.53. The highest BCUT2D eigenvalue weighted by Crippen LogP contribution is 2.29. The Balaban J connectivity index is 2.13. The molecule has 2 atom stereocenters. The van der Waals surface area contributed by atoms with Crippen molar-refractivity contribution in [1.29, 1.82) is 0 Å². The van der Waals surface area contributed by atoms with Crippen LogP contribution in [0.5, 0.6) is 0 Å². The molecule has 2 nitrogen and oxygen atoms in total. The molecule has 2 rings (SSSR count). The van der Waals surface area contributed by atoms with Crippen LogP contribution in [0.1, 0.15) is 12.8 Å². The molecule has 0 N–H and O–H groups in total. The molecule has 0 saturated carbocycles. The van der Waals surface area contributed by atoms with Gasteiger partial charge in [-0.1, -0.05) is 11.5 Å². The third-order valence-corrected chi connectivity index (χ3v) is 3.06. The number of morpholine rings is 1. The number of rotatable bonds is 0. The summed E-state index contributed by atoms with van der Waals surface area (Å²) in [6.07, 6.45) is 9.36. The molecule has 2 heteroatoms. The highest BCUT2D eigenvalue weighted by atomic mass is 16.5. The van der Waals surface area contributed by atoms with Crippen LogP contribution in [0.15, 0.2) is 11.6 Å². The van der Waals surface area contributed by atoms with E-state index in [2.05, 4.69) is 17.9 Å². The fraction of sp³-hybridized carbons (Fsp3) is 0.636. The van der Waals surface area contributed by atoms with Gasteiger partial charge in [0.1, 0.15) is 0 Å². The lowest BCUT2D eigenvalue weighted by molar-refractivity contribution is -0.0475. The predicted molar refractivity (Wildman–Crippen MR) is 52.3 cm³/mol. The monoisotopic (exact) mass is 177 g/mol. The summed E-state index contributed by atoms with van der Waals surface area (Å²) in [5.41, 5.74) is 1.42. The standard InChI is InChI=1S/C11H15NO/c1-3-4-9-5-10-7-13-8-11(6-9)12(10)2/h1,4,10-11H,5-8H2,2H3. The van der Waals surface area contributed by atoms with E-state index in [4.69, 9.17) is 11.2 Å². The third kappa shape index (κ3) is 1.63. The maximum Gasteiger partial charge on any atom is 0.0625 e. The van der Waals surface area contributed by atoms with Crippen LogP contribution >= 0.6 is 0 Å². The summed E-state index contributed by atoms with van der Waals surface area (Å²) in [5, 5.41) is 0. The van der Waals surface area contributed by atoms with Crippen LogP contribution in [0.3, 0.4) is 0 Å². The summed E-state index contributed by atoms with van der Waals surface area (Å²) in [5.74, 6) is 2.62. The van der Waals surface area contributed by atoms with Gasteiger partial charge in [-0.25, -0.2) is 0 Å². The average Bonchev–Trinajstić information content (AvgIpc) is 2.07. The first-order valence-corrected chi connectivity index (χ1v) is 4.75. The van der Waals surface area contributed by atoms with Gasteiger partial charge in [-0.15, -0.1) is 6.42 Å². The Morgan fingerprint density at radius 2 is 2.08 bits per heavy atom. The second-order valence-corrected chi connectivity index (χ2v) is 3.89. The van der Waals surface area contributed by atoms with Crippen LogP contribution in [-0.2, 0) is 4.74 Å². The molecule has 0 aliphatic carbocycles. The summed E-state index contributed by atoms with van der Waals surface area (Å²) < 4.78 is 5.51. The van der Waals surface area contributed by atoms with Gasteiger partial charge in [0, 0.05) is 12.1 Å². The van der Waals surface area contributed by atoms with E-state index in [1.807, 2.05) is 6.08 Å². The minimum Gasteiger partial charge on any atom is -0.378 e. The van der Waals surface area contributed by atoms with E-state index in [-0.39, 0.29) is 0 Å². The number of fused-ring (bicyclic) bond motifs is 2. The van der Waals surface area contributed by atoms with Crippen LogP contribution < -0.4 is 0 Å². The maximum absolute atomic E-state index is 5.51. The van der Waals surface area contributed by atoms with Gasteiger partial charge in [0.25, 0.3) is 0 Å². The molecule has 70 valence electrons. The topological polar surface area (TPSA) is 12.5 Å². The zero-order valence-corrected chi connectivity index (χ0v) is 7.99. The Bertz CT molecular complexity index is 248. The van der Waals surface area contributed by atoms with Gasteiger partial charge in [0.05, 0.1) is 13.2 Å². The Morgan fingerprint density at radius 1 is 1.46 bits per heavy atom. The van der Waals surface area contributed by atoms with Gasteiger partial charge >= 0.3 is 0 Å². The number of nitrogens with zero attached hydrogens (tertiary/aromatic N) is 1. The number of likely N-dealkylation sites (N-methyl/N-ethyl adjacent to an activating group) is 1. The fourth-order valence-corrected chi connectivity index (χ4v) is 2.20. The second-order valence-electron chi connectivity index (χ2n) is 3.89. The van der Waals surface area contributed by atoms with Gasteiger partial charge in [0.2, 0.25) is 0 Å². The molecule has 0 aromatic heterocycles. The quantitative estimate of drug-likeness (QED) is 0.513. The molecule has 2 fully saturated rings. The van der Waals surface area contributed by atoms with E-state index in [0.717, 1.165) is 26.1 Å². The largest absolute Gasteiger partial charge is 0.378 e. The van der Waals surface area contributed by atoms with Crippen LogP contribution in [0.2, 0.25) is 0 Å². The number of hydrogen-bond donors (Lipinski definition) is 0. The van der Waals surface area contributed by atoms with Crippen molar-refractivity contribution < 1.29 is 4.74 Å². The van der Waals surface area contributed by atoms with Crippen molar-refractivity contribution in [3.05, 3.63) is 11.6 Å². The van der Waals surface area contributed by atoms with Gasteiger partial charge < -0.3 is 4.74 Å². The van der Waals surface area contributed by atoms with Crippen molar-refractivity contribution in [2.24, 2.45) is 0 Å². The second kappa shape index (κ2) is 3.53. The van der Waals surface area contributed by atoms with E-state index in [1.54, 1.807) is 0 Å².